The average Bonchev–Trinajstić information content (AvgIpc) is 2.71. The molecule has 0 atom stereocenters. The number of carbonyl (C=O) groups excluding carboxylic acids is 1. The second kappa shape index (κ2) is 8.20. The van der Waals surface area contributed by atoms with E-state index in [1.807, 2.05) is 35.2 Å². The molecule has 0 spiro atoms. The third-order valence-corrected chi connectivity index (χ3v) is 6.02. The molecule has 5 nitrogen and oxygen atoms in total. The van der Waals surface area contributed by atoms with E-state index in [1.54, 1.807) is 14.0 Å². The molecule has 29 heavy (non-hydrogen) atoms. The summed E-state index contributed by atoms with van der Waals surface area (Å²) in [6.07, 6.45) is 0.754. The lowest BCUT2D eigenvalue weighted by Crippen LogP contribution is -2.35. The lowest BCUT2D eigenvalue weighted by atomic mass is 9.99. The molecule has 1 aromatic heterocycles. The van der Waals surface area contributed by atoms with Gasteiger partial charge in [0, 0.05) is 54.1 Å². The topological polar surface area (TPSA) is 54.5 Å². The number of ether oxygens (including phenoxy) is 1. The van der Waals surface area contributed by atoms with Crippen LogP contribution in [0.25, 0.3) is 10.9 Å². The molecular formula is C22H21BrClN3O2. The van der Waals surface area contributed by atoms with Gasteiger partial charge < -0.3 is 15.0 Å². The molecule has 2 heterocycles. The van der Waals surface area contributed by atoms with Crippen molar-refractivity contribution in [2.75, 3.05) is 19.0 Å². The molecule has 1 amide bonds. The summed E-state index contributed by atoms with van der Waals surface area (Å²) >= 11 is 9.85. The highest BCUT2D eigenvalue weighted by molar-refractivity contribution is 9.10. The first-order chi connectivity index (χ1) is 14.0. The number of benzene rings is 2. The summed E-state index contributed by atoms with van der Waals surface area (Å²) in [5, 5.41) is 5.20. The number of nitrogens with zero attached hydrogens (tertiary/aromatic N) is 2. The maximum absolute atomic E-state index is 12.0. The zero-order valence-corrected chi connectivity index (χ0v) is 18.6. The minimum atomic E-state index is 0.0814. The van der Waals surface area contributed by atoms with E-state index in [1.165, 1.54) is 0 Å². The Hall–Kier alpha value is -2.31. The number of hydrogen-bond donors (Lipinski definition) is 1. The molecule has 3 aromatic rings. The summed E-state index contributed by atoms with van der Waals surface area (Å²) in [5.41, 5.74) is 5.13. The van der Waals surface area contributed by atoms with Gasteiger partial charge in [-0.1, -0.05) is 33.6 Å². The number of methoxy groups -OCH3 is 1. The van der Waals surface area contributed by atoms with Crippen molar-refractivity contribution in [1.29, 1.82) is 0 Å². The first kappa shape index (κ1) is 20.0. The molecule has 150 valence electrons. The minimum absolute atomic E-state index is 0.0814. The van der Waals surface area contributed by atoms with E-state index in [9.17, 15) is 4.79 Å². The van der Waals surface area contributed by atoms with Crippen LogP contribution >= 0.6 is 27.5 Å². The van der Waals surface area contributed by atoms with Crippen molar-refractivity contribution in [3.05, 3.63) is 62.7 Å². The molecule has 7 heteroatoms. The predicted octanol–water partition coefficient (Wildman–Crippen LogP) is 5.18. The summed E-state index contributed by atoms with van der Waals surface area (Å²) in [6.45, 7) is 3.47. The van der Waals surface area contributed by atoms with Gasteiger partial charge in [-0.3, -0.25) is 9.78 Å². The van der Waals surface area contributed by atoms with Gasteiger partial charge in [-0.15, -0.1) is 0 Å². The van der Waals surface area contributed by atoms with Crippen LogP contribution in [0.3, 0.4) is 0 Å². The number of hydrogen-bond acceptors (Lipinski definition) is 4. The first-order valence-corrected chi connectivity index (χ1v) is 10.6. The smallest absolute Gasteiger partial charge is 0.219 e. The van der Waals surface area contributed by atoms with Crippen molar-refractivity contribution in [3.8, 4) is 5.75 Å². The van der Waals surface area contributed by atoms with Crippen molar-refractivity contribution < 1.29 is 9.53 Å². The summed E-state index contributed by atoms with van der Waals surface area (Å²) in [6, 6.07) is 11.9. The van der Waals surface area contributed by atoms with Gasteiger partial charge in [0.15, 0.2) is 0 Å². The Labute approximate surface area is 183 Å². The molecule has 1 aliphatic rings. The number of rotatable bonds is 4. The van der Waals surface area contributed by atoms with E-state index in [-0.39, 0.29) is 5.91 Å². The number of aromatic nitrogens is 1. The molecular weight excluding hydrogens is 454 g/mol. The number of carbonyl (C=O) groups is 1. The molecule has 4 rings (SSSR count). The van der Waals surface area contributed by atoms with Crippen LogP contribution in [-0.4, -0.2) is 29.4 Å². The van der Waals surface area contributed by atoms with E-state index in [0.717, 1.165) is 44.3 Å². The van der Waals surface area contributed by atoms with Gasteiger partial charge >= 0.3 is 0 Å². The van der Waals surface area contributed by atoms with Gasteiger partial charge in [-0.2, -0.15) is 0 Å². The predicted molar refractivity (Wildman–Crippen MR) is 120 cm³/mol. The summed E-state index contributed by atoms with van der Waals surface area (Å²) in [7, 11) is 1.60. The fraction of sp³-hybridized carbons (Fsp3) is 0.273. The standard InChI is InChI=1S/C22H21BrClN3O2/c1-13(28)27-8-7-20-17(12-27)22(16-10-15(23)4-5-19(16)26-20)25-11-14-3-6-21(29-2)18(24)9-14/h3-6,9-10H,7-8,11-12H2,1-2H3,(H,25,26). The molecule has 0 fully saturated rings. The van der Waals surface area contributed by atoms with E-state index in [4.69, 9.17) is 21.3 Å². The minimum Gasteiger partial charge on any atom is -0.495 e. The SMILES string of the molecule is COc1ccc(CNc2c3c(nc4ccc(Br)cc24)CCN(C(C)=O)C3)cc1Cl. The Kier molecular flexibility index (Phi) is 5.65. The van der Waals surface area contributed by atoms with Crippen molar-refractivity contribution in [3.63, 3.8) is 0 Å². The number of anilines is 1. The van der Waals surface area contributed by atoms with Gasteiger partial charge in [0.25, 0.3) is 0 Å². The van der Waals surface area contributed by atoms with Gasteiger partial charge in [0.2, 0.25) is 5.91 Å². The van der Waals surface area contributed by atoms with Gasteiger partial charge in [0.05, 0.1) is 23.3 Å². The van der Waals surface area contributed by atoms with Gasteiger partial charge in [-0.05, 0) is 35.9 Å². The van der Waals surface area contributed by atoms with E-state index in [2.05, 4.69) is 27.3 Å². The van der Waals surface area contributed by atoms with Gasteiger partial charge in [-0.25, -0.2) is 0 Å². The van der Waals surface area contributed by atoms with Crippen LogP contribution in [0, 0.1) is 0 Å². The van der Waals surface area contributed by atoms with Crippen LogP contribution in [0.2, 0.25) is 5.02 Å². The molecule has 1 N–H and O–H groups in total. The number of fused-ring (bicyclic) bond motifs is 2. The highest BCUT2D eigenvalue weighted by Crippen LogP contribution is 2.34. The summed E-state index contributed by atoms with van der Waals surface area (Å²) < 4.78 is 6.23. The monoisotopic (exact) mass is 473 g/mol. The van der Waals surface area contributed by atoms with Crippen LogP contribution in [0.15, 0.2) is 40.9 Å². The van der Waals surface area contributed by atoms with E-state index in [0.29, 0.717) is 30.4 Å². The second-order valence-corrected chi connectivity index (χ2v) is 8.41. The Morgan fingerprint density at radius 2 is 2.14 bits per heavy atom. The van der Waals surface area contributed by atoms with E-state index < -0.39 is 0 Å². The quantitative estimate of drug-likeness (QED) is 0.566. The molecule has 1 aliphatic heterocycles. The zero-order valence-electron chi connectivity index (χ0n) is 16.3. The number of amides is 1. The highest BCUT2D eigenvalue weighted by Gasteiger charge is 2.24. The third kappa shape index (κ3) is 4.05. The maximum Gasteiger partial charge on any atom is 0.219 e. The van der Waals surface area contributed by atoms with Crippen LogP contribution in [0.4, 0.5) is 5.69 Å². The lowest BCUT2D eigenvalue weighted by molar-refractivity contribution is -0.129. The molecule has 2 aromatic carbocycles. The molecule has 0 radical (unpaired) electrons. The zero-order chi connectivity index (χ0) is 20.5. The molecule has 0 saturated carbocycles. The fourth-order valence-electron chi connectivity index (χ4n) is 3.69. The van der Waals surface area contributed by atoms with Crippen molar-refractivity contribution in [2.45, 2.75) is 26.4 Å². The van der Waals surface area contributed by atoms with Crippen molar-refractivity contribution >= 4 is 50.0 Å². The fourth-order valence-corrected chi connectivity index (χ4v) is 4.34. The summed E-state index contributed by atoms with van der Waals surface area (Å²) in [5.74, 6) is 0.737. The van der Waals surface area contributed by atoms with Crippen LogP contribution in [-0.2, 0) is 24.3 Å². The maximum atomic E-state index is 12.0. The Balaban J connectivity index is 1.75. The Morgan fingerprint density at radius 3 is 2.86 bits per heavy atom. The lowest BCUT2D eigenvalue weighted by Gasteiger charge is -2.30. The Morgan fingerprint density at radius 1 is 1.31 bits per heavy atom. The summed E-state index contributed by atoms with van der Waals surface area (Å²) in [4.78, 5) is 18.7. The normalized spacial score (nSPS) is 13.3. The molecule has 0 saturated heterocycles. The van der Waals surface area contributed by atoms with Crippen molar-refractivity contribution in [1.82, 2.24) is 9.88 Å². The molecule has 0 bridgehead atoms. The van der Waals surface area contributed by atoms with Crippen molar-refractivity contribution in [2.24, 2.45) is 0 Å². The third-order valence-electron chi connectivity index (χ3n) is 5.23. The second-order valence-electron chi connectivity index (χ2n) is 7.09. The van der Waals surface area contributed by atoms with Crippen LogP contribution in [0.5, 0.6) is 5.75 Å². The number of pyridine rings is 1. The molecule has 0 unspecified atom stereocenters. The first-order valence-electron chi connectivity index (χ1n) is 9.39. The molecule has 0 aliphatic carbocycles. The largest absolute Gasteiger partial charge is 0.495 e. The average molecular weight is 475 g/mol. The number of halogens is 2. The Bertz CT molecular complexity index is 1100. The number of nitrogens with one attached hydrogen (secondary N) is 1. The highest BCUT2D eigenvalue weighted by atomic mass is 79.9. The van der Waals surface area contributed by atoms with E-state index >= 15 is 0 Å². The van der Waals surface area contributed by atoms with Crippen LogP contribution in [0.1, 0.15) is 23.7 Å². The van der Waals surface area contributed by atoms with Gasteiger partial charge in [0.1, 0.15) is 5.75 Å². The van der Waals surface area contributed by atoms with Crippen LogP contribution < -0.4 is 10.1 Å².